The summed E-state index contributed by atoms with van der Waals surface area (Å²) in [5.74, 6) is -1.21. The van der Waals surface area contributed by atoms with E-state index in [0.29, 0.717) is 25.0 Å². The van der Waals surface area contributed by atoms with E-state index in [4.69, 9.17) is 18.7 Å². The number of unbranched alkanes of at least 4 members (excludes halogenated alkanes) is 1. The molecule has 0 aromatic rings. The van der Waals surface area contributed by atoms with Crippen LogP contribution in [0.1, 0.15) is 60.3 Å². The molecule has 28 heavy (non-hydrogen) atoms. The van der Waals surface area contributed by atoms with Crippen molar-refractivity contribution in [2.75, 3.05) is 18.1 Å². The van der Waals surface area contributed by atoms with Gasteiger partial charge in [0.2, 0.25) is 10.0 Å². The number of hydrogen-bond donors (Lipinski definition) is 1. The Labute approximate surface area is 172 Å². The van der Waals surface area contributed by atoms with Gasteiger partial charge in [0.25, 0.3) is 0 Å². The molecule has 0 aliphatic heterocycles. The SMILES string of the molecule is CCCCC(OC(=O)C(C)NS(=O)(=O)CCCSOOC(C)C)C(=O)OCC. The fourth-order valence-corrected chi connectivity index (χ4v) is 3.92. The zero-order chi connectivity index (χ0) is 21.6. The number of hydrogen-bond acceptors (Lipinski definition) is 9. The Kier molecular flexibility index (Phi) is 14.6. The molecule has 11 heteroatoms. The van der Waals surface area contributed by atoms with Crippen molar-refractivity contribution in [3.8, 4) is 0 Å². The van der Waals surface area contributed by atoms with Crippen LogP contribution < -0.4 is 4.72 Å². The quantitative estimate of drug-likeness (QED) is 0.126. The molecule has 1 N–H and O–H groups in total. The van der Waals surface area contributed by atoms with Crippen molar-refractivity contribution >= 4 is 34.0 Å². The Morgan fingerprint density at radius 1 is 1.07 bits per heavy atom. The molecule has 0 radical (unpaired) electrons. The normalized spacial score (nSPS) is 13.9. The monoisotopic (exact) mass is 443 g/mol. The van der Waals surface area contributed by atoms with E-state index in [0.717, 1.165) is 18.5 Å². The van der Waals surface area contributed by atoms with Crippen LogP contribution >= 0.6 is 12.0 Å². The van der Waals surface area contributed by atoms with Crippen LogP contribution in [-0.4, -0.2) is 56.7 Å². The lowest BCUT2D eigenvalue weighted by atomic mass is 10.1. The molecule has 0 aliphatic carbocycles. The summed E-state index contributed by atoms with van der Waals surface area (Å²) in [6.45, 7) is 8.76. The third-order valence-corrected chi connectivity index (χ3v) is 5.43. The minimum Gasteiger partial charge on any atom is -0.463 e. The molecule has 2 unspecified atom stereocenters. The molecule has 0 heterocycles. The van der Waals surface area contributed by atoms with Gasteiger partial charge < -0.3 is 9.47 Å². The second-order valence-corrected chi connectivity index (χ2v) is 9.02. The molecule has 0 amide bonds. The predicted molar refractivity (Wildman–Crippen MR) is 107 cm³/mol. The van der Waals surface area contributed by atoms with E-state index in [9.17, 15) is 18.0 Å². The van der Waals surface area contributed by atoms with Crippen LogP contribution in [-0.2, 0) is 38.3 Å². The largest absolute Gasteiger partial charge is 0.463 e. The lowest BCUT2D eigenvalue weighted by Gasteiger charge is -2.19. The van der Waals surface area contributed by atoms with Crippen molar-refractivity contribution in [1.82, 2.24) is 4.72 Å². The summed E-state index contributed by atoms with van der Waals surface area (Å²) in [5, 5.41) is 0. The van der Waals surface area contributed by atoms with Crippen molar-refractivity contribution in [2.45, 2.75) is 78.6 Å². The molecule has 166 valence electrons. The standard InChI is InChI=1S/C17H33NO8S2/c1-6-8-10-15(17(20)23-7-2)24-16(19)14(5)18-28(21,22)12-9-11-27-26-25-13(3)4/h13-15,18H,6-12H2,1-5H3. The van der Waals surface area contributed by atoms with Crippen LogP contribution in [0.15, 0.2) is 0 Å². The number of esters is 2. The average molecular weight is 444 g/mol. The second kappa shape index (κ2) is 15.0. The Hall–Kier alpha value is -0.880. The molecule has 0 saturated heterocycles. The minimum atomic E-state index is -3.69. The maximum Gasteiger partial charge on any atom is 0.347 e. The van der Waals surface area contributed by atoms with Gasteiger partial charge in [0.05, 0.1) is 18.5 Å². The number of carbonyl (C=O) groups is 2. The number of ether oxygens (including phenoxy) is 2. The van der Waals surface area contributed by atoms with Gasteiger partial charge in [0.15, 0.2) is 6.10 Å². The van der Waals surface area contributed by atoms with E-state index in [1.807, 2.05) is 20.8 Å². The van der Waals surface area contributed by atoms with E-state index < -0.39 is 34.1 Å². The maximum atomic E-state index is 12.2. The Morgan fingerprint density at radius 2 is 1.75 bits per heavy atom. The molecule has 0 fully saturated rings. The first-order chi connectivity index (χ1) is 13.1. The van der Waals surface area contributed by atoms with E-state index in [1.54, 1.807) is 6.92 Å². The van der Waals surface area contributed by atoms with Gasteiger partial charge in [-0.15, -0.1) is 0 Å². The van der Waals surface area contributed by atoms with Crippen LogP contribution in [0.3, 0.4) is 0 Å². The highest BCUT2D eigenvalue weighted by atomic mass is 32.2. The molecule has 0 spiro atoms. The van der Waals surface area contributed by atoms with Gasteiger partial charge in [-0.05, 0) is 47.0 Å². The zero-order valence-electron chi connectivity index (χ0n) is 17.3. The molecular weight excluding hydrogens is 410 g/mol. The van der Waals surface area contributed by atoms with Gasteiger partial charge >= 0.3 is 11.9 Å². The maximum absolute atomic E-state index is 12.2. The third kappa shape index (κ3) is 13.3. The van der Waals surface area contributed by atoms with Crippen molar-refractivity contribution in [1.29, 1.82) is 0 Å². The van der Waals surface area contributed by atoms with Crippen LogP contribution in [0.4, 0.5) is 0 Å². The molecule has 0 bridgehead atoms. The van der Waals surface area contributed by atoms with Gasteiger partial charge in [-0.25, -0.2) is 22.8 Å². The number of nitrogens with one attached hydrogen (secondary N) is 1. The van der Waals surface area contributed by atoms with E-state index >= 15 is 0 Å². The van der Waals surface area contributed by atoms with Gasteiger partial charge in [0, 0.05) is 17.8 Å². The number of rotatable bonds is 16. The van der Waals surface area contributed by atoms with Crippen LogP contribution in [0.2, 0.25) is 0 Å². The summed E-state index contributed by atoms with van der Waals surface area (Å²) in [5.41, 5.74) is 0. The molecule has 0 rings (SSSR count). The van der Waals surface area contributed by atoms with Crippen LogP contribution in [0.5, 0.6) is 0 Å². The van der Waals surface area contributed by atoms with Crippen molar-refractivity contribution in [2.24, 2.45) is 0 Å². The molecule has 0 aliphatic rings. The first-order valence-corrected chi connectivity index (χ1v) is 12.0. The van der Waals surface area contributed by atoms with Gasteiger partial charge in [-0.3, -0.25) is 4.79 Å². The molecule has 0 aromatic heterocycles. The van der Waals surface area contributed by atoms with E-state index in [-0.39, 0.29) is 18.5 Å². The highest BCUT2D eigenvalue weighted by Crippen LogP contribution is 2.10. The topological polar surface area (TPSA) is 117 Å². The number of sulfonamides is 1. The van der Waals surface area contributed by atoms with Crippen LogP contribution in [0.25, 0.3) is 0 Å². The Balaban J connectivity index is 4.45. The molecule has 9 nitrogen and oxygen atoms in total. The van der Waals surface area contributed by atoms with Crippen molar-refractivity contribution in [3.05, 3.63) is 0 Å². The van der Waals surface area contributed by atoms with Gasteiger partial charge in [-0.1, -0.05) is 13.3 Å². The second-order valence-electron chi connectivity index (χ2n) is 6.37. The molecule has 2 atom stereocenters. The van der Waals surface area contributed by atoms with E-state index in [2.05, 4.69) is 4.72 Å². The van der Waals surface area contributed by atoms with Gasteiger partial charge in [-0.2, -0.15) is 4.33 Å². The Morgan fingerprint density at radius 3 is 2.32 bits per heavy atom. The minimum absolute atomic E-state index is 0.0829. The average Bonchev–Trinajstić information content (AvgIpc) is 2.60. The summed E-state index contributed by atoms with van der Waals surface area (Å²) in [4.78, 5) is 29.0. The highest BCUT2D eigenvalue weighted by molar-refractivity contribution is 7.94. The summed E-state index contributed by atoms with van der Waals surface area (Å²) < 4.78 is 41.3. The highest BCUT2D eigenvalue weighted by Gasteiger charge is 2.28. The molecular formula is C17H33NO8S2. The fourth-order valence-electron chi connectivity index (χ4n) is 1.92. The lowest BCUT2D eigenvalue weighted by Crippen LogP contribution is -2.43. The summed E-state index contributed by atoms with van der Waals surface area (Å²) in [6, 6.07) is -1.11. The number of carbonyl (C=O) groups excluding carboxylic acids is 2. The smallest absolute Gasteiger partial charge is 0.347 e. The van der Waals surface area contributed by atoms with Crippen molar-refractivity contribution < 1.29 is 36.7 Å². The molecule has 0 aromatic carbocycles. The van der Waals surface area contributed by atoms with Crippen LogP contribution in [0, 0.1) is 0 Å². The summed E-state index contributed by atoms with van der Waals surface area (Å²) in [7, 11) is -3.69. The summed E-state index contributed by atoms with van der Waals surface area (Å²) in [6.07, 6.45) is 1.02. The Bertz CT molecular complexity index is 553. The lowest BCUT2D eigenvalue weighted by molar-refractivity contribution is -0.220. The predicted octanol–water partition coefficient (Wildman–Crippen LogP) is 2.35. The van der Waals surface area contributed by atoms with Gasteiger partial charge in [0.1, 0.15) is 6.04 Å². The molecule has 0 saturated carbocycles. The third-order valence-electron chi connectivity index (χ3n) is 3.26. The zero-order valence-corrected chi connectivity index (χ0v) is 18.9. The van der Waals surface area contributed by atoms with E-state index in [1.165, 1.54) is 6.92 Å². The summed E-state index contributed by atoms with van der Waals surface area (Å²) >= 11 is 1.01. The first-order valence-electron chi connectivity index (χ1n) is 9.45. The van der Waals surface area contributed by atoms with Crippen molar-refractivity contribution in [3.63, 3.8) is 0 Å². The fraction of sp³-hybridized carbons (Fsp3) is 0.882. The first kappa shape index (κ1) is 27.1.